The summed E-state index contributed by atoms with van der Waals surface area (Å²) in [5, 5.41) is 8.48. The molecule has 1 atom stereocenters. The summed E-state index contributed by atoms with van der Waals surface area (Å²) in [6.07, 6.45) is 3.01. The van der Waals surface area contributed by atoms with Crippen molar-refractivity contribution in [1.82, 2.24) is 15.0 Å². The van der Waals surface area contributed by atoms with Gasteiger partial charge in [0.25, 0.3) is 0 Å². The molecule has 1 aromatic rings. The molecule has 74 valence electrons. The first-order valence-electron chi connectivity index (χ1n) is 4.39. The Hall–Kier alpha value is -0.550. The molecule has 1 heterocycles. The number of aromatic nitrogens is 3. The molecule has 1 aromatic heterocycles. The van der Waals surface area contributed by atoms with Crippen molar-refractivity contribution in [1.29, 1.82) is 0 Å². The van der Waals surface area contributed by atoms with Crippen molar-refractivity contribution >= 4 is 11.8 Å². The number of rotatable bonds is 5. The van der Waals surface area contributed by atoms with Crippen LogP contribution in [0.15, 0.2) is 6.20 Å². The lowest BCUT2D eigenvalue weighted by molar-refractivity contribution is 0.714. The molecule has 0 fully saturated rings. The predicted molar refractivity (Wildman–Crippen MR) is 55.4 cm³/mol. The second-order valence-corrected chi connectivity index (χ2v) is 4.51. The van der Waals surface area contributed by atoms with Crippen molar-refractivity contribution in [2.45, 2.75) is 24.3 Å². The van der Waals surface area contributed by atoms with Gasteiger partial charge in [0, 0.05) is 24.2 Å². The summed E-state index contributed by atoms with van der Waals surface area (Å²) >= 11 is 1.87. The van der Waals surface area contributed by atoms with Crippen LogP contribution < -0.4 is 5.73 Å². The summed E-state index contributed by atoms with van der Waals surface area (Å²) in [5.41, 5.74) is 6.50. The Morgan fingerprint density at radius 2 is 2.46 bits per heavy atom. The van der Waals surface area contributed by atoms with Crippen LogP contribution >= 0.6 is 11.8 Å². The van der Waals surface area contributed by atoms with Gasteiger partial charge in [-0.3, -0.25) is 4.68 Å². The van der Waals surface area contributed by atoms with E-state index in [1.54, 1.807) is 4.68 Å². The smallest absolute Gasteiger partial charge is 0.0925 e. The highest BCUT2D eigenvalue weighted by atomic mass is 32.2. The maximum atomic E-state index is 5.46. The van der Waals surface area contributed by atoms with Crippen LogP contribution in [0.5, 0.6) is 0 Å². The summed E-state index contributed by atoms with van der Waals surface area (Å²) in [6, 6.07) is 0. The Labute approximate surface area is 82.9 Å². The van der Waals surface area contributed by atoms with Crippen LogP contribution in [0.25, 0.3) is 0 Å². The van der Waals surface area contributed by atoms with Gasteiger partial charge in [-0.2, -0.15) is 11.8 Å². The maximum absolute atomic E-state index is 5.46. The second-order valence-electron chi connectivity index (χ2n) is 3.08. The minimum Gasteiger partial charge on any atom is -0.330 e. The summed E-state index contributed by atoms with van der Waals surface area (Å²) < 4.78 is 1.73. The highest BCUT2D eigenvalue weighted by Crippen LogP contribution is 2.17. The topological polar surface area (TPSA) is 56.7 Å². The lowest BCUT2D eigenvalue weighted by Gasteiger charge is -2.06. The Morgan fingerprint density at radius 3 is 3.00 bits per heavy atom. The molecule has 0 aliphatic carbocycles. The van der Waals surface area contributed by atoms with Gasteiger partial charge in [0.2, 0.25) is 0 Å². The van der Waals surface area contributed by atoms with Gasteiger partial charge >= 0.3 is 0 Å². The number of aryl methyl sites for hydroxylation is 1. The standard InChI is InChI=1S/C8H16N4S/c1-7(3-4-9)13-6-8-5-12(2)11-10-8/h5,7H,3-4,6,9H2,1-2H3. The molecule has 4 nitrogen and oxygen atoms in total. The van der Waals surface area contributed by atoms with Crippen molar-refractivity contribution in [2.24, 2.45) is 12.8 Å². The van der Waals surface area contributed by atoms with Crippen LogP contribution in [0.2, 0.25) is 0 Å². The predicted octanol–water partition coefficient (Wildman–Crippen LogP) is 0.786. The van der Waals surface area contributed by atoms with Crippen molar-refractivity contribution in [3.8, 4) is 0 Å². The number of thioether (sulfide) groups is 1. The molecule has 13 heavy (non-hydrogen) atoms. The molecule has 0 radical (unpaired) electrons. The molecular formula is C8H16N4S. The van der Waals surface area contributed by atoms with E-state index in [0.29, 0.717) is 5.25 Å². The van der Waals surface area contributed by atoms with Crippen molar-refractivity contribution in [3.05, 3.63) is 11.9 Å². The van der Waals surface area contributed by atoms with Gasteiger partial charge in [-0.05, 0) is 13.0 Å². The minimum atomic E-state index is 0.604. The average Bonchev–Trinajstić information content (AvgIpc) is 2.49. The highest BCUT2D eigenvalue weighted by Gasteiger charge is 2.03. The molecule has 1 rings (SSSR count). The minimum absolute atomic E-state index is 0.604. The lowest BCUT2D eigenvalue weighted by atomic mass is 10.3. The summed E-state index contributed by atoms with van der Waals surface area (Å²) in [6.45, 7) is 2.95. The fraction of sp³-hybridized carbons (Fsp3) is 0.750. The lowest BCUT2D eigenvalue weighted by Crippen LogP contribution is -2.07. The highest BCUT2D eigenvalue weighted by molar-refractivity contribution is 7.99. The molecule has 5 heteroatoms. The van der Waals surface area contributed by atoms with Gasteiger partial charge in [-0.25, -0.2) is 0 Å². The van der Waals surface area contributed by atoms with E-state index in [0.717, 1.165) is 24.4 Å². The first kappa shape index (κ1) is 10.5. The molecule has 0 spiro atoms. The molecule has 0 amide bonds. The molecule has 0 saturated heterocycles. The Balaban J connectivity index is 2.26. The molecule has 0 bridgehead atoms. The molecule has 0 aliphatic rings. The van der Waals surface area contributed by atoms with E-state index in [-0.39, 0.29) is 0 Å². The molecule has 0 aliphatic heterocycles. The number of hydrogen-bond donors (Lipinski definition) is 1. The molecule has 0 aromatic carbocycles. The SMILES string of the molecule is CC(CCN)SCc1cn(C)nn1. The number of hydrogen-bond acceptors (Lipinski definition) is 4. The third-order valence-electron chi connectivity index (χ3n) is 1.74. The first-order chi connectivity index (χ1) is 6.22. The molecule has 1 unspecified atom stereocenters. The zero-order chi connectivity index (χ0) is 9.68. The van der Waals surface area contributed by atoms with Crippen LogP contribution in [-0.4, -0.2) is 26.8 Å². The van der Waals surface area contributed by atoms with Crippen LogP contribution in [0.3, 0.4) is 0 Å². The van der Waals surface area contributed by atoms with Gasteiger partial charge in [0.15, 0.2) is 0 Å². The van der Waals surface area contributed by atoms with E-state index in [9.17, 15) is 0 Å². The van der Waals surface area contributed by atoms with Crippen molar-refractivity contribution in [3.63, 3.8) is 0 Å². The Bertz CT molecular complexity index is 248. The Morgan fingerprint density at radius 1 is 1.69 bits per heavy atom. The third-order valence-corrected chi connectivity index (χ3v) is 3.01. The fourth-order valence-electron chi connectivity index (χ4n) is 1.01. The maximum Gasteiger partial charge on any atom is 0.0925 e. The van der Waals surface area contributed by atoms with E-state index in [1.165, 1.54) is 0 Å². The third kappa shape index (κ3) is 3.78. The van der Waals surface area contributed by atoms with Crippen LogP contribution in [0.1, 0.15) is 19.0 Å². The monoisotopic (exact) mass is 200 g/mol. The van der Waals surface area contributed by atoms with Crippen molar-refractivity contribution < 1.29 is 0 Å². The zero-order valence-electron chi connectivity index (χ0n) is 8.10. The Kier molecular flexibility index (Phi) is 4.24. The van der Waals surface area contributed by atoms with E-state index in [1.807, 2.05) is 25.0 Å². The largest absolute Gasteiger partial charge is 0.330 e. The number of nitrogens with two attached hydrogens (primary N) is 1. The van der Waals surface area contributed by atoms with E-state index in [4.69, 9.17) is 5.73 Å². The summed E-state index contributed by atoms with van der Waals surface area (Å²) in [4.78, 5) is 0. The fourth-order valence-corrected chi connectivity index (χ4v) is 1.90. The van der Waals surface area contributed by atoms with Gasteiger partial charge in [0.1, 0.15) is 0 Å². The van der Waals surface area contributed by atoms with E-state index >= 15 is 0 Å². The van der Waals surface area contributed by atoms with Gasteiger partial charge < -0.3 is 5.73 Å². The van der Waals surface area contributed by atoms with E-state index in [2.05, 4.69) is 17.2 Å². The second kappa shape index (κ2) is 5.24. The average molecular weight is 200 g/mol. The summed E-state index contributed by atoms with van der Waals surface area (Å²) in [7, 11) is 1.88. The molecular weight excluding hydrogens is 184 g/mol. The van der Waals surface area contributed by atoms with Crippen LogP contribution in [0, 0.1) is 0 Å². The van der Waals surface area contributed by atoms with Crippen LogP contribution in [0.4, 0.5) is 0 Å². The molecule has 0 saturated carbocycles. The molecule has 2 N–H and O–H groups in total. The quantitative estimate of drug-likeness (QED) is 0.763. The van der Waals surface area contributed by atoms with Gasteiger partial charge in [0.05, 0.1) is 5.69 Å². The first-order valence-corrected chi connectivity index (χ1v) is 5.44. The van der Waals surface area contributed by atoms with Crippen LogP contribution in [-0.2, 0) is 12.8 Å². The summed E-state index contributed by atoms with van der Waals surface area (Å²) in [5.74, 6) is 0.926. The van der Waals surface area contributed by atoms with Crippen molar-refractivity contribution in [2.75, 3.05) is 6.54 Å². The number of nitrogens with zero attached hydrogens (tertiary/aromatic N) is 3. The zero-order valence-corrected chi connectivity index (χ0v) is 8.92. The van der Waals surface area contributed by atoms with Gasteiger partial charge in [-0.1, -0.05) is 12.1 Å². The van der Waals surface area contributed by atoms with Gasteiger partial charge in [-0.15, -0.1) is 5.10 Å². The normalized spacial score (nSPS) is 13.2. The van der Waals surface area contributed by atoms with E-state index < -0.39 is 0 Å².